The van der Waals surface area contributed by atoms with Crippen molar-refractivity contribution in [2.75, 3.05) is 13.7 Å². The van der Waals surface area contributed by atoms with Gasteiger partial charge in [0.1, 0.15) is 18.1 Å². The number of hydrogen-bond acceptors (Lipinski definition) is 4. The Morgan fingerprint density at radius 1 is 1.53 bits per heavy atom. The molecule has 0 amide bonds. The molecule has 0 unspecified atom stereocenters. The average molecular weight is 217 g/mol. The monoisotopic (exact) mass is 217 g/mol. The average Bonchev–Trinajstić information content (AvgIpc) is 2.26. The second-order valence-electron chi connectivity index (χ2n) is 2.57. The third-order valence-electron chi connectivity index (χ3n) is 1.51. The third kappa shape index (κ3) is 3.49. The predicted molar refractivity (Wildman–Crippen MR) is 47.1 cm³/mol. The van der Waals surface area contributed by atoms with Crippen LogP contribution >= 0.6 is 0 Å². The molecule has 1 aromatic heterocycles. The summed E-state index contributed by atoms with van der Waals surface area (Å²) in [6.45, 7) is -0.695. The van der Waals surface area contributed by atoms with Gasteiger partial charge in [-0.25, -0.2) is 18.6 Å². The number of alkyl halides is 2. The van der Waals surface area contributed by atoms with Crippen LogP contribution in [-0.2, 0) is 4.74 Å². The van der Waals surface area contributed by atoms with Crippen LogP contribution in [0.25, 0.3) is 0 Å². The standard InChI is InChI=1S/C9H9F2NO3/c1-14-9(13)7-3-2-6(4-12-7)15-5-8(10)11/h2-4,8H,5H2,1H3. The minimum Gasteiger partial charge on any atom is -0.486 e. The van der Waals surface area contributed by atoms with Gasteiger partial charge in [0.2, 0.25) is 0 Å². The van der Waals surface area contributed by atoms with Crippen molar-refractivity contribution < 1.29 is 23.0 Å². The Hall–Kier alpha value is -1.72. The maximum atomic E-state index is 11.8. The molecule has 0 aliphatic carbocycles. The van der Waals surface area contributed by atoms with Gasteiger partial charge < -0.3 is 9.47 Å². The number of rotatable bonds is 4. The highest BCUT2D eigenvalue weighted by Crippen LogP contribution is 2.10. The van der Waals surface area contributed by atoms with Crippen LogP contribution in [0, 0.1) is 0 Å². The van der Waals surface area contributed by atoms with E-state index in [1.807, 2.05) is 0 Å². The Kier molecular flexibility index (Phi) is 3.96. The van der Waals surface area contributed by atoms with Gasteiger partial charge in [-0.15, -0.1) is 0 Å². The molecule has 1 rings (SSSR count). The minimum absolute atomic E-state index is 0.0990. The fourth-order valence-corrected chi connectivity index (χ4v) is 0.850. The zero-order valence-corrected chi connectivity index (χ0v) is 7.94. The topological polar surface area (TPSA) is 48.4 Å². The fraction of sp³-hybridized carbons (Fsp3) is 0.333. The lowest BCUT2D eigenvalue weighted by Gasteiger charge is -2.04. The highest BCUT2D eigenvalue weighted by atomic mass is 19.3. The summed E-state index contributed by atoms with van der Waals surface area (Å²) in [5.74, 6) is -0.404. The van der Waals surface area contributed by atoms with E-state index in [9.17, 15) is 13.6 Å². The number of carbonyl (C=O) groups excluding carboxylic acids is 1. The number of methoxy groups -OCH3 is 1. The van der Waals surface area contributed by atoms with Crippen LogP contribution in [0.2, 0.25) is 0 Å². The van der Waals surface area contributed by atoms with Crippen molar-refractivity contribution in [3.8, 4) is 5.75 Å². The van der Waals surface area contributed by atoms with E-state index in [1.54, 1.807) is 0 Å². The van der Waals surface area contributed by atoms with E-state index in [0.29, 0.717) is 0 Å². The van der Waals surface area contributed by atoms with Crippen LogP contribution in [0.3, 0.4) is 0 Å². The van der Waals surface area contributed by atoms with E-state index in [1.165, 1.54) is 25.4 Å². The SMILES string of the molecule is COC(=O)c1ccc(OCC(F)F)cn1. The third-order valence-corrected chi connectivity index (χ3v) is 1.51. The molecule has 0 spiro atoms. The highest BCUT2D eigenvalue weighted by molar-refractivity contribution is 5.87. The van der Waals surface area contributed by atoms with Crippen molar-refractivity contribution in [2.45, 2.75) is 6.43 Å². The first-order chi connectivity index (χ1) is 7.13. The summed E-state index contributed by atoms with van der Waals surface area (Å²) in [6.07, 6.45) is -1.35. The zero-order chi connectivity index (χ0) is 11.3. The molecule has 0 radical (unpaired) electrons. The number of carbonyl (C=O) groups is 1. The molecule has 0 saturated carbocycles. The largest absolute Gasteiger partial charge is 0.486 e. The highest BCUT2D eigenvalue weighted by Gasteiger charge is 2.07. The van der Waals surface area contributed by atoms with E-state index >= 15 is 0 Å². The van der Waals surface area contributed by atoms with Crippen molar-refractivity contribution in [1.82, 2.24) is 4.98 Å². The molecular weight excluding hydrogens is 208 g/mol. The van der Waals surface area contributed by atoms with E-state index in [4.69, 9.17) is 0 Å². The molecule has 4 nitrogen and oxygen atoms in total. The number of aromatic nitrogens is 1. The van der Waals surface area contributed by atoms with Gasteiger partial charge in [-0.2, -0.15) is 0 Å². The molecule has 0 atom stereocenters. The molecule has 1 aromatic rings. The number of hydrogen-bond donors (Lipinski definition) is 0. The van der Waals surface area contributed by atoms with Crippen LogP contribution in [0.4, 0.5) is 8.78 Å². The summed E-state index contributed by atoms with van der Waals surface area (Å²) in [7, 11) is 1.23. The lowest BCUT2D eigenvalue weighted by Crippen LogP contribution is -2.08. The molecule has 15 heavy (non-hydrogen) atoms. The predicted octanol–water partition coefficient (Wildman–Crippen LogP) is 1.51. The molecule has 0 N–H and O–H groups in total. The summed E-state index contributed by atoms with van der Waals surface area (Å²) < 4.78 is 32.6. The lowest BCUT2D eigenvalue weighted by atomic mass is 10.3. The van der Waals surface area contributed by atoms with Crippen molar-refractivity contribution in [3.05, 3.63) is 24.0 Å². The molecule has 0 aromatic carbocycles. The summed E-state index contributed by atoms with van der Waals surface area (Å²) in [4.78, 5) is 14.6. The fourth-order valence-electron chi connectivity index (χ4n) is 0.850. The summed E-state index contributed by atoms with van der Waals surface area (Å²) in [5.41, 5.74) is 0.0990. The number of pyridine rings is 1. The number of halogens is 2. The maximum absolute atomic E-state index is 11.8. The van der Waals surface area contributed by atoms with Gasteiger partial charge in [0.15, 0.2) is 0 Å². The van der Waals surface area contributed by atoms with Gasteiger partial charge in [-0.3, -0.25) is 0 Å². The van der Waals surface area contributed by atoms with Crippen LogP contribution in [0.5, 0.6) is 5.75 Å². The van der Waals surface area contributed by atoms with Crippen LogP contribution in [0.1, 0.15) is 10.5 Å². The molecule has 1 heterocycles. The second-order valence-corrected chi connectivity index (χ2v) is 2.57. The van der Waals surface area contributed by atoms with E-state index < -0.39 is 19.0 Å². The Morgan fingerprint density at radius 3 is 2.73 bits per heavy atom. The van der Waals surface area contributed by atoms with Crippen LogP contribution < -0.4 is 4.74 Å². The molecule has 0 fully saturated rings. The van der Waals surface area contributed by atoms with E-state index in [-0.39, 0.29) is 11.4 Å². The minimum atomic E-state index is -2.54. The lowest BCUT2D eigenvalue weighted by molar-refractivity contribution is 0.0593. The van der Waals surface area contributed by atoms with Crippen LogP contribution in [0.15, 0.2) is 18.3 Å². The van der Waals surface area contributed by atoms with Gasteiger partial charge in [0.05, 0.1) is 13.3 Å². The van der Waals surface area contributed by atoms with E-state index in [0.717, 1.165) is 0 Å². The van der Waals surface area contributed by atoms with Gasteiger partial charge in [-0.05, 0) is 12.1 Å². The number of ether oxygens (including phenoxy) is 2. The zero-order valence-electron chi connectivity index (χ0n) is 7.94. The van der Waals surface area contributed by atoms with Crippen molar-refractivity contribution in [2.24, 2.45) is 0 Å². The van der Waals surface area contributed by atoms with Gasteiger partial charge in [0, 0.05) is 0 Å². The normalized spacial score (nSPS) is 10.1. The Morgan fingerprint density at radius 2 is 2.27 bits per heavy atom. The smallest absolute Gasteiger partial charge is 0.356 e. The van der Waals surface area contributed by atoms with Crippen molar-refractivity contribution >= 4 is 5.97 Å². The summed E-state index contributed by atoms with van der Waals surface area (Å²) in [5, 5.41) is 0. The van der Waals surface area contributed by atoms with Gasteiger partial charge in [-0.1, -0.05) is 0 Å². The van der Waals surface area contributed by atoms with Gasteiger partial charge >= 0.3 is 5.97 Å². The summed E-state index contributed by atoms with van der Waals surface area (Å²) >= 11 is 0. The van der Waals surface area contributed by atoms with Crippen molar-refractivity contribution in [3.63, 3.8) is 0 Å². The Labute approximate surface area is 84.8 Å². The molecule has 82 valence electrons. The molecule has 0 saturated heterocycles. The molecule has 6 heteroatoms. The van der Waals surface area contributed by atoms with Crippen LogP contribution in [-0.4, -0.2) is 31.1 Å². The Balaban J connectivity index is 2.60. The molecule has 0 aliphatic rings. The quantitative estimate of drug-likeness (QED) is 0.717. The molecule has 0 bridgehead atoms. The first-order valence-corrected chi connectivity index (χ1v) is 4.09. The first-order valence-electron chi connectivity index (χ1n) is 4.09. The maximum Gasteiger partial charge on any atom is 0.356 e. The second kappa shape index (κ2) is 5.23. The van der Waals surface area contributed by atoms with Crippen molar-refractivity contribution in [1.29, 1.82) is 0 Å². The first kappa shape index (κ1) is 11.4. The number of nitrogens with zero attached hydrogens (tertiary/aromatic N) is 1. The Bertz CT molecular complexity index is 327. The molecular formula is C9H9F2NO3. The summed E-state index contributed by atoms with van der Waals surface area (Å²) in [6, 6.07) is 2.72. The van der Waals surface area contributed by atoms with E-state index in [2.05, 4.69) is 14.5 Å². The molecule has 0 aliphatic heterocycles. The number of esters is 1. The van der Waals surface area contributed by atoms with Gasteiger partial charge in [0.25, 0.3) is 6.43 Å².